The van der Waals surface area contributed by atoms with Crippen LogP contribution in [-0.4, -0.2) is 14.1 Å². The van der Waals surface area contributed by atoms with Gasteiger partial charge in [0.05, 0.1) is 6.04 Å². The Labute approximate surface area is 120 Å². The average molecular weight is 274 g/mol. The number of nitrogens with one attached hydrogen (secondary N) is 1. The highest BCUT2D eigenvalue weighted by Crippen LogP contribution is 2.30. The van der Waals surface area contributed by atoms with E-state index in [9.17, 15) is 0 Å². The van der Waals surface area contributed by atoms with E-state index < -0.39 is 0 Å². The molecule has 1 heterocycles. The van der Waals surface area contributed by atoms with Crippen molar-refractivity contribution in [1.82, 2.24) is 5.32 Å². The highest BCUT2D eigenvalue weighted by atomic mass is 32.1. The Morgan fingerprint density at radius 3 is 2.74 bits per heavy atom. The fraction of sp³-hybridized carbons (Fsp3) is 0.375. The monoisotopic (exact) mass is 274 g/mol. The van der Waals surface area contributed by atoms with Crippen LogP contribution in [0, 0.1) is 6.92 Å². The van der Waals surface area contributed by atoms with Crippen molar-refractivity contribution in [1.29, 1.82) is 0 Å². The van der Waals surface area contributed by atoms with Crippen molar-refractivity contribution in [2.45, 2.75) is 26.4 Å². The van der Waals surface area contributed by atoms with Crippen molar-refractivity contribution in [2.75, 3.05) is 19.0 Å². The zero-order valence-corrected chi connectivity index (χ0v) is 12.9. The lowest BCUT2D eigenvalue weighted by Crippen LogP contribution is -2.23. The largest absolute Gasteiger partial charge is 0.367 e. The van der Waals surface area contributed by atoms with Crippen molar-refractivity contribution in [3.8, 4) is 0 Å². The van der Waals surface area contributed by atoms with Gasteiger partial charge in [-0.15, -0.1) is 11.3 Å². The second-order valence-electron chi connectivity index (χ2n) is 4.96. The van der Waals surface area contributed by atoms with E-state index in [0.717, 1.165) is 6.54 Å². The quantitative estimate of drug-likeness (QED) is 0.887. The van der Waals surface area contributed by atoms with Gasteiger partial charge in [0.15, 0.2) is 0 Å². The third-order valence-corrected chi connectivity index (χ3v) is 4.56. The van der Waals surface area contributed by atoms with E-state index in [4.69, 9.17) is 0 Å². The number of thiophene rings is 1. The lowest BCUT2D eigenvalue weighted by Gasteiger charge is -2.28. The zero-order chi connectivity index (χ0) is 13.8. The van der Waals surface area contributed by atoms with Crippen LogP contribution in [0.2, 0.25) is 0 Å². The second kappa shape index (κ2) is 6.22. The molecule has 0 fully saturated rings. The number of anilines is 1. The van der Waals surface area contributed by atoms with E-state index in [1.165, 1.54) is 21.7 Å². The predicted molar refractivity (Wildman–Crippen MR) is 85.1 cm³/mol. The number of hydrogen-bond donors (Lipinski definition) is 1. The molecule has 2 aromatic rings. The first-order chi connectivity index (χ1) is 9.13. The lowest BCUT2D eigenvalue weighted by atomic mass is 10.1. The summed E-state index contributed by atoms with van der Waals surface area (Å²) in [7, 11) is 4.17. The molecule has 0 amide bonds. The molecule has 0 aliphatic rings. The maximum Gasteiger partial charge on any atom is 0.0603 e. The van der Waals surface area contributed by atoms with E-state index in [2.05, 4.69) is 66.8 Å². The molecule has 1 aromatic carbocycles. The average Bonchev–Trinajstić information content (AvgIpc) is 2.91. The Morgan fingerprint density at radius 2 is 2.11 bits per heavy atom. The lowest BCUT2D eigenvalue weighted by molar-refractivity contribution is 0.738. The van der Waals surface area contributed by atoms with Crippen LogP contribution in [0.4, 0.5) is 5.69 Å². The van der Waals surface area contributed by atoms with Crippen LogP contribution < -0.4 is 10.2 Å². The van der Waals surface area contributed by atoms with Gasteiger partial charge in [-0.2, -0.15) is 0 Å². The summed E-state index contributed by atoms with van der Waals surface area (Å²) in [4.78, 5) is 3.76. The summed E-state index contributed by atoms with van der Waals surface area (Å²) in [5.41, 5.74) is 3.97. The molecule has 0 bridgehead atoms. The Morgan fingerprint density at radius 1 is 1.32 bits per heavy atom. The van der Waals surface area contributed by atoms with E-state index in [1.807, 2.05) is 18.4 Å². The molecule has 102 valence electrons. The summed E-state index contributed by atoms with van der Waals surface area (Å²) in [5.74, 6) is 0. The molecule has 0 radical (unpaired) electrons. The first-order valence-electron chi connectivity index (χ1n) is 6.64. The molecule has 1 N–H and O–H groups in total. The number of hydrogen-bond acceptors (Lipinski definition) is 3. The predicted octanol–water partition coefficient (Wildman–Crippen LogP) is 3.97. The minimum absolute atomic E-state index is 0.401. The molecule has 0 saturated heterocycles. The van der Waals surface area contributed by atoms with Gasteiger partial charge < -0.3 is 10.2 Å². The van der Waals surface area contributed by atoms with Crippen LogP contribution in [0.1, 0.15) is 29.0 Å². The first-order valence-corrected chi connectivity index (χ1v) is 7.52. The smallest absolute Gasteiger partial charge is 0.0603 e. The topological polar surface area (TPSA) is 15.3 Å². The molecule has 2 nitrogen and oxygen atoms in total. The number of aryl methyl sites for hydroxylation is 1. The minimum Gasteiger partial charge on any atom is -0.367 e. The fourth-order valence-electron chi connectivity index (χ4n) is 2.32. The van der Waals surface area contributed by atoms with Crippen molar-refractivity contribution in [3.63, 3.8) is 0 Å². The maximum absolute atomic E-state index is 3.26. The van der Waals surface area contributed by atoms with Crippen molar-refractivity contribution >= 4 is 17.0 Å². The standard InChI is InChI=1S/C16H22N2S/c1-12-7-8-15(14(10-12)11-17-3)18(4)13(2)16-6-5-9-19-16/h5-10,13,17H,11H2,1-4H3. The number of benzene rings is 1. The molecule has 0 saturated carbocycles. The minimum atomic E-state index is 0.401. The van der Waals surface area contributed by atoms with Gasteiger partial charge in [-0.1, -0.05) is 23.8 Å². The van der Waals surface area contributed by atoms with E-state index in [0.29, 0.717) is 6.04 Å². The molecule has 0 aliphatic heterocycles. The van der Waals surface area contributed by atoms with Crippen LogP contribution in [0.25, 0.3) is 0 Å². The highest BCUT2D eigenvalue weighted by Gasteiger charge is 2.15. The van der Waals surface area contributed by atoms with Gasteiger partial charge in [0.2, 0.25) is 0 Å². The van der Waals surface area contributed by atoms with Crippen LogP contribution >= 0.6 is 11.3 Å². The maximum atomic E-state index is 3.26. The van der Waals surface area contributed by atoms with Gasteiger partial charge in [-0.3, -0.25) is 0 Å². The summed E-state index contributed by atoms with van der Waals surface area (Å²) in [6.45, 7) is 5.30. The molecule has 1 atom stereocenters. The molecular formula is C16H22N2S. The molecule has 1 aromatic heterocycles. The Hall–Kier alpha value is -1.32. The zero-order valence-electron chi connectivity index (χ0n) is 12.1. The third kappa shape index (κ3) is 3.17. The van der Waals surface area contributed by atoms with Crippen molar-refractivity contribution < 1.29 is 0 Å². The van der Waals surface area contributed by atoms with Gasteiger partial charge in [-0.25, -0.2) is 0 Å². The fourth-order valence-corrected chi connectivity index (χ4v) is 3.15. The van der Waals surface area contributed by atoms with Gasteiger partial charge in [0.25, 0.3) is 0 Å². The Kier molecular flexibility index (Phi) is 4.61. The molecule has 1 unspecified atom stereocenters. The van der Waals surface area contributed by atoms with Gasteiger partial charge >= 0.3 is 0 Å². The third-order valence-electron chi connectivity index (χ3n) is 3.52. The van der Waals surface area contributed by atoms with E-state index in [1.54, 1.807) is 0 Å². The van der Waals surface area contributed by atoms with Crippen LogP contribution in [0.5, 0.6) is 0 Å². The first kappa shape index (κ1) is 14.1. The molecule has 0 aliphatic carbocycles. The van der Waals surface area contributed by atoms with E-state index in [-0.39, 0.29) is 0 Å². The van der Waals surface area contributed by atoms with Gasteiger partial charge in [-0.05, 0) is 44.0 Å². The van der Waals surface area contributed by atoms with Gasteiger partial charge in [0, 0.05) is 24.2 Å². The normalized spacial score (nSPS) is 12.4. The summed E-state index contributed by atoms with van der Waals surface area (Å²) in [5, 5.41) is 5.40. The number of nitrogens with zero attached hydrogens (tertiary/aromatic N) is 1. The van der Waals surface area contributed by atoms with Crippen LogP contribution in [-0.2, 0) is 6.54 Å². The van der Waals surface area contributed by atoms with E-state index >= 15 is 0 Å². The summed E-state index contributed by atoms with van der Waals surface area (Å²) in [6.07, 6.45) is 0. The Bertz CT molecular complexity index is 520. The SMILES string of the molecule is CNCc1cc(C)ccc1N(C)C(C)c1cccs1. The molecule has 0 spiro atoms. The summed E-state index contributed by atoms with van der Waals surface area (Å²) >= 11 is 1.82. The highest BCUT2D eigenvalue weighted by molar-refractivity contribution is 7.10. The molecular weight excluding hydrogens is 252 g/mol. The summed E-state index contributed by atoms with van der Waals surface area (Å²) < 4.78 is 0. The summed E-state index contributed by atoms with van der Waals surface area (Å²) in [6, 6.07) is 11.4. The Balaban J connectivity index is 2.30. The van der Waals surface area contributed by atoms with Crippen molar-refractivity contribution in [3.05, 3.63) is 51.7 Å². The van der Waals surface area contributed by atoms with Crippen molar-refractivity contribution in [2.24, 2.45) is 0 Å². The molecule has 3 heteroatoms. The molecule has 19 heavy (non-hydrogen) atoms. The van der Waals surface area contributed by atoms with Crippen LogP contribution in [0.3, 0.4) is 0 Å². The number of rotatable bonds is 5. The van der Waals surface area contributed by atoms with Gasteiger partial charge in [0.1, 0.15) is 0 Å². The molecule has 2 rings (SSSR count). The van der Waals surface area contributed by atoms with Crippen LogP contribution in [0.15, 0.2) is 35.7 Å². The second-order valence-corrected chi connectivity index (χ2v) is 5.94.